The number of anilines is 1. The summed E-state index contributed by atoms with van der Waals surface area (Å²) >= 11 is 0. The van der Waals surface area contributed by atoms with Gasteiger partial charge in [-0.15, -0.1) is 0 Å². The fourth-order valence-electron chi connectivity index (χ4n) is 2.94. The molecule has 2 amide bonds. The third kappa shape index (κ3) is 5.48. The Bertz CT molecular complexity index is 1370. The van der Waals surface area contributed by atoms with Crippen LogP contribution in [-0.4, -0.2) is 32.3 Å². The van der Waals surface area contributed by atoms with E-state index in [0.717, 1.165) is 12.1 Å². The van der Waals surface area contributed by atoms with Gasteiger partial charge in [-0.3, -0.25) is 35.3 Å². The highest BCUT2D eigenvalue weighted by Gasteiger charge is 2.19. The average Bonchev–Trinajstić information content (AvgIpc) is 2.82. The lowest BCUT2D eigenvalue weighted by molar-refractivity contribution is -0.385. The first-order chi connectivity index (χ1) is 16.1. The minimum Gasteiger partial charge on any atom is -0.495 e. The number of hydrogen-bond donors (Lipinski definition) is 3. The van der Waals surface area contributed by atoms with Gasteiger partial charge in [0.1, 0.15) is 5.75 Å². The molecular formula is C22H20N4O7S. The maximum absolute atomic E-state index is 12.8. The lowest BCUT2D eigenvalue weighted by Gasteiger charge is -2.12. The van der Waals surface area contributed by atoms with Gasteiger partial charge in [0.05, 0.1) is 22.6 Å². The van der Waals surface area contributed by atoms with Crippen LogP contribution in [0.2, 0.25) is 0 Å². The fourth-order valence-corrected chi connectivity index (χ4v) is 4.06. The zero-order chi connectivity index (χ0) is 24.9. The van der Waals surface area contributed by atoms with Crippen LogP contribution in [0.25, 0.3) is 0 Å². The second-order valence-electron chi connectivity index (χ2n) is 7.00. The van der Waals surface area contributed by atoms with Gasteiger partial charge in [0.2, 0.25) is 0 Å². The molecule has 0 aromatic heterocycles. The predicted molar refractivity (Wildman–Crippen MR) is 123 cm³/mol. The number of methoxy groups -OCH3 is 1. The number of rotatable bonds is 7. The average molecular weight is 484 g/mol. The molecule has 0 atom stereocenters. The molecule has 0 radical (unpaired) electrons. The van der Waals surface area contributed by atoms with Crippen LogP contribution in [0, 0.1) is 17.0 Å². The van der Waals surface area contributed by atoms with Gasteiger partial charge in [-0.05, 0) is 43.3 Å². The Morgan fingerprint density at radius 1 is 0.912 bits per heavy atom. The highest BCUT2D eigenvalue weighted by molar-refractivity contribution is 7.92. The maximum Gasteiger partial charge on any atom is 0.273 e. The van der Waals surface area contributed by atoms with E-state index in [1.807, 2.05) is 0 Å². The first-order valence-corrected chi connectivity index (χ1v) is 11.2. The van der Waals surface area contributed by atoms with Crippen molar-refractivity contribution in [1.82, 2.24) is 10.9 Å². The molecule has 0 aliphatic carbocycles. The van der Waals surface area contributed by atoms with Crippen molar-refractivity contribution in [3.05, 3.63) is 93.5 Å². The van der Waals surface area contributed by atoms with E-state index >= 15 is 0 Å². The summed E-state index contributed by atoms with van der Waals surface area (Å²) in [6.07, 6.45) is 0. The van der Waals surface area contributed by atoms with Crippen molar-refractivity contribution in [2.75, 3.05) is 11.8 Å². The molecule has 3 rings (SSSR count). The first-order valence-electron chi connectivity index (χ1n) is 9.74. The number of carbonyl (C=O) groups is 2. The summed E-state index contributed by atoms with van der Waals surface area (Å²) in [5.41, 5.74) is 4.61. The van der Waals surface area contributed by atoms with E-state index in [1.165, 1.54) is 50.4 Å². The van der Waals surface area contributed by atoms with Crippen molar-refractivity contribution in [1.29, 1.82) is 0 Å². The summed E-state index contributed by atoms with van der Waals surface area (Å²) in [4.78, 5) is 35.0. The largest absolute Gasteiger partial charge is 0.495 e. The van der Waals surface area contributed by atoms with E-state index in [4.69, 9.17) is 4.74 Å². The zero-order valence-corrected chi connectivity index (χ0v) is 18.9. The third-order valence-electron chi connectivity index (χ3n) is 4.72. The molecule has 0 unspecified atom stereocenters. The molecule has 176 valence electrons. The van der Waals surface area contributed by atoms with Crippen molar-refractivity contribution < 1.29 is 27.7 Å². The lowest BCUT2D eigenvalue weighted by Crippen LogP contribution is -2.41. The zero-order valence-electron chi connectivity index (χ0n) is 18.1. The maximum atomic E-state index is 12.8. The molecule has 3 aromatic rings. The Kier molecular flexibility index (Phi) is 7.12. The summed E-state index contributed by atoms with van der Waals surface area (Å²) < 4.78 is 33.1. The van der Waals surface area contributed by atoms with E-state index in [1.54, 1.807) is 18.2 Å². The number of carbonyl (C=O) groups excluding carboxylic acids is 2. The predicted octanol–water partition coefficient (Wildman–Crippen LogP) is 2.79. The number of nitro benzene ring substituents is 1. The van der Waals surface area contributed by atoms with Crippen LogP contribution >= 0.6 is 0 Å². The number of sulfonamides is 1. The summed E-state index contributed by atoms with van der Waals surface area (Å²) in [5, 5.41) is 11.1. The van der Waals surface area contributed by atoms with Gasteiger partial charge in [-0.1, -0.05) is 24.3 Å². The van der Waals surface area contributed by atoms with E-state index in [9.17, 15) is 28.1 Å². The van der Waals surface area contributed by atoms with Gasteiger partial charge in [-0.2, -0.15) is 0 Å². The Morgan fingerprint density at radius 2 is 1.56 bits per heavy atom. The molecule has 3 N–H and O–H groups in total. The number of amides is 2. The van der Waals surface area contributed by atoms with Gasteiger partial charge >= 0.3 is 0 Å². The highest BCUT2D eigenvalue weighted by Crippen LogP contribution is 2.26. The van der Waals surface area contributed by atoms with Crippen LogP contribution < -0.4 is 20.3 Å². The number of nitrogens with zero attached hydrogens (tertiary/aromatic N) is 1. The van der Waals surface area contributed by atoms with E-state index < -0.39 is 26.8 Å². The summed E-state index contributed by atoms with van der Waals surface area (Å²) in [6.45, 7) is 1.53. The van der Waals surface area contributed by atoms with Crippen LogP contribution in [0.4, 0.5) is 11.4 Å². The number of aryl methyl sites for hydroxylation is 1. The number of nitrogens with one attached hydrogen (secondary N) is 3. The van der Waals surface area contributed by atoms with Crippen molar-refractivity contribution in [2.24, 2.45) is 0 Å². The van der Waals surface area contributed by atoms with E-state index in [0.29, 0.717) is 11.3 Å². The minimum atomic E-state index is -4.05. The second kappa shape index (κ2) is 10.0. The van der Waals surface area contributed by atoms with Crippen molar-refractivity contribution in [2.45, 2.75) is 11.8 Å². The Hall–Kier alpha value is -4.45. The van der Waals surface area contributed by atoms with Gasteiger partial charge < -0.3 is 4.74 Å². The van der Waals surface area contributed by atoms with Gasteiger partial charge in [0, 0.05) is 22.8 Å². The molecule has 0 spiro atoms. The molecule has 34 heavy (non-hydrogen) atoms. The normalized spacial score (nSPS) is 10.8. The van der Waals surface area contributed by atoms with Crippen LogP contribution in [0.1, 0.15) is 26.3 Å². The highest BCUT2D eigenvalue weighted by atomic mass is 32.2. The fraction of sp³-hybridized carbons (Fsp3) is 0.0909. The summed E-state index contributed by atoms with van der Waals surface area (Å²) in [6, 6.07) is 15.5. The van der Waals surface area contributed by atoms with Gasteiger partial charge in [0.25, 0.3) is 27.5 Å². The standard InChI is InChI=1S/C22H20N4O7S/c1-14-10-11-16(13-19(14)26(29)30)22(28)24-23-21(27)15-6-5-7-17(12-15)34(31,32)25-18-8-3-4-9-20(18)33-2/h3-13,25H,1-2H3,(H,23,27)(H,24,28). The second-order valence-corrected chi connectivity index (χ2v) is 8.68. The number of ether oxygens (including phenoxy) is 1. The Balaban J connectivity index is 1.73. The minimum absolute atomic E-state index is 0.0325. The van der Waals surface area contributed by atoms with Crippen LogP contribution in [0.3, 0.4) is 0 Å². The molecule has 0 fully saturated rings. The van der Waals surface area contributed by atoms with Crippen molar-refractivity contribution >= 4 is 33.2 Å². The quantitative estimate of drug-likeness (QED) is 0.344. The molecule has 0 saturated heterocycles. The summed E-state index contributed by atoms with van der Waals surface area (Å²) in [5.74, 6) is -1.25. The molecule has 0 saturated carbocycles. The third-order valence-corrected chi connectivity index (χ3v) is 6.08. The molecular weight excluding hydrogens is 464 g/mol. The molecule has 3 aromatic carbocycles. The Labute approximate surface area is 194 Å². The molecule has 0 bridgehead atoms. The van der Waals surface area contributed by atoms with E-state index in [2.05, 4.69) is 15.6 Å². The topological polar surface area (TPSA) is 157 Å². The van der Waals surface area contributed by atoms with Crippen LogP contribution in [0.15, 0.2) is 71.6 Å². The number of hydrogen-bond acceptors (Lipinski definition) is 7. The molecule has 11 nitrogen and oxygen atoms in total. The lowest BCUT2D eigenvalue weighted by atomic mass is 10.1. The van der Waals surface area contributed by atoms with Crippen LogP contribution in [-0.2, 0) is 10.0 Å². The number of hydrazine groups is 1. The monoisotopic (exact) mass is 484 g/mol. The first kappa shape index (κ1) is 24.2. The molecule has 0 heterocycles. The smallest absolute Gasteiger partial charge is 0.273 e. The van der Waals surface area contributed by atoms with Crippen molar-refractivity contribution in [3.63, 3.8) is 0 Å². The SMILES string of the molecule is COc1ccccc1NS(=O)(=O)c1cccc(C(=O)NNC(=O)c2ccc(C)c([N+](=O)[O-])c2)c1. The van der Waals surface area contributed by atoms with Gasteiger partial charge in [-0.25, -0.2) is 8.42 Å². The number of benzene rings is 3. The molecule has 12 heteroatoms. The van der Waals surface area contributed by atoms with E-state index in [-0.39, 0.29) is 27.4 Å². The van der Waals surface area contributed by atoms with Crippen LogP contribution in [0.5, 0.6) is 5.75 Å². The molecule has 0 aliphatic rings. The number of para-hydroxylation sites is 2. The van der Waals surface area contributed by atoms with Crippen molar-refractivity contribution in [3.8, 4) is 5.75 Å². The molecule has 0 aliphatic heterocycles. The van der Waals surface area contributed by atoms with Gasteiger partial charge in [0.15, 0.2) is 0 Å². The number of nitro groups is 1. The Morgan fingerprint density at radius 3 is 2.21 bits per heavy atom. The summed E-state index contributed by atoms with van der Waals surface area (Å²) in [7, 11) is -2.65.